The van der Waals surface area contributed by atoms with Crippen LogP contribution < -0.4 is 9.64 Å². The number of nitrogens with zero attached hydrogens (tertiary/aromatic N) is 5. The van der Waals surface area contributed by atoms with Crippen LogP contribution in [0.15, 0.2) is 30.5 Å². The number of hydrogen-bond acceptors (Lipinski definition) is 9. The standard InChI is InChI=1S/C32H35F2N5O4/c1-2-22-25(33)6-5-19-13-20(40)14-23(26(19)22)28-27(34)29-24(15-35-28)30(38-11-12-42-17-21(41)16-38)37-31(36-29)43-18-32-7-3-9-39(32)10-4-8-32/h5-6,13-15,21,40-41H,2-4,7-12,16-18H2,1H3. The average molecular weight is 592 g/mol. The average Bonchev–Trinajstić information content (AvgIpc) is 3.50. The number of pyridine rings is 1. The number of anilines is 1. The number of β-amino-alcohol motifs (C(OH)–C–C–N with tert-alkyl or cyclic N) is 1. The number of phenols is 1. The minimum absolute atomic E-state index is 0.00259. The van der Waals surface area contributed by atoms with Gasteiger partial charge in [-0.25, -0.2) is 8.78 Å². The van der Waals surface area contributed by atoms with Gasteiger partial charge in [-0.3, -0.25) is 9.88 Å². The van der Waals surface area contributed by atoms with Crippen molar-refractivity contribution in [3.63, 3.8) is 0 Å². The number of benzene rings is 2. The molecule has 2 aromatic heterocycles. The van der Waals surface area contributed by atoms with Gasteiger partial charge in [0.05, 0.1) is 30.2 Å². The van der Waals surface area contributed by atoms with Crippen molar-refractivity contribution >= 4 is 27.5 Å². The normalized spacial score (nSPS) is 20.6. The van der Waals surface area contributed by atoms with E-state index in [9.17, 15) is 14.6 Å². The highest BCUT2D eigenvalue weighted by Crippen LogP contribution is 2.41. The van der Waals surface area contributed by atoms with Crippen molar-refractivity contribution in [2.75, 3.05) is 50.9 Å². The van der Waals surface area contributed by atoms with E-state index in [1.807, 2.05) is 11.8 Å². The Morgan fingerprint density at radius 2 is 1.93 bits per heavy atom. The molecule has 4 aromatic rings. The molecule has 0 radical (unpaired) electrons. The zero-order valence-electron chi connectivity index (χ0n) is 24.2. The third kappa shape index (κ3) is 4.93. The molecule has 0 saturated carbocycles. The lowest BCUT2D eigenvalue weighted by Gasteiger charge is -2.31. The molecule has 0 spiro atoms. The van der Waals surface area contributed by atoms with Crippen LogP contribution in [0.4, 0.5) is 14.6 Å². The van der Waals surface area contributed by atoms with Crippen molar-refractivity contribution in [2.45, 2.75) is 50.7 Å². The first kappa shape index (κ1) is 28.1. The Morgan fingerprint density at radius 3 is 2.72 bits per heavy atom. The molecule has 3 saturated heterocycles. The maximum absolute atomic E-state index is 16.7. The lowest BCUT2D eigenvalue weighted by molar-refractivity contribution is 0.0597. The summed E-state index contributed by atoms with van der Waals surface area (Å²) in [6, 6.07) is 5.91. The monoisotopic (exact) mass is 591 g/mol. The predicted octanol–water partition coefficient (Wildman–Crippen LogP) is 4.60. The summed E-state index contributed by atoms with van der Waals surface area (Å²) in [4.78, 5) is 18.1. The number of hydrogen-bond donors (Lipinski definition) is 2. The van der Waals surface area contributed by atoms with E-state index >= 15 is 4.39 Å². The lowest BCUT2D eigenvalue weighted by atomic mass is 9.94. The van der Waals surface area contributed by atoms with Gasteiger partial charge < -0.3 is 24.6 Å². The first-order valence-electron chi connectivity index (χ1n) is 15.1. The van der Waals surface area contributed by atoms with Crippen LogP contribution in [0.2, 0.25) is 0 Å². The van der Waals surface area contributed by atoms with Crippen LogP contribution in [-0.4, -0.2) is 87.7 Å². The number of aliphatic hydroxyl groups is 1. The highest BCUT2D eigenvalue weighted by Gasteiger charge is 2.45. The number of phenolic OH excluding ortho intramolecular Hbond substituents is 1. The number of aromatic hydroxyl groups is 1. The summed E-state index contributed by atoms with van der Waals surface area (Å²) in [6.45, 7) is 5.55. The molecular formula is C32H35F2N5O4. The first-order chi connectivity index (χ1) is 20.9. The summed E-state index contributed by atoms with van der Waals surface area (Å²) in [5.74, 6) is -0.814. The van der Waals surface area contributed by atoms with E-state index in [4.69, 9.17) is 14.5 Å². The number of aromatic nitrogens is 3. The summed E-state index contributed by atoms with van der Waals surface area (Å²) in [5, 5.41) is 22.4. The molecule has 226 valence electrons. The van der Waals surface area contributed by atoms with Crippen molar-refractivity contribution in [1.82, 2.24) is 19.9 Å². The summed E-state index contributed by atoms with van der Waals surface area (Å²) < 4.78 is 43.4. The van der Waals surface area contributed by atoms with Gasteiger partial charge in [-0.15, -0.1) is 0 Å². The summed E-state index contributed by atoms with van der Waals surface area (Å²) in [6.07, 6.45) is 5.42. The van der Waals surface area contributed by atoms with Crippen LogP contribution in [0, 0.1) is 11.6 Å². The molecule has 3 aliphatic rings. The molecule has 11 heteroatoms. The summed E-state index contributed by atoms with van der Waals surface area (Å²) in [5.41, 5.74) is 0.576. The Bertz CT molecular complexity index is 1690. The van der Waals surface area contributed by atoms with Crippen LogP contribution in [0.25, 0.3) is 32.9 Å². The van der Waals surface area contributed by atoms with E-state index in [0.717, 1.165) is 38.8 Å². The molecule has 1 unspecified atom stereocenters. The third-order valence-electron chi connectivity index (χ3n) is 9.23. The van der Waals surface area contributed by atoms with E-state index in [0.29, 0.717) is 53.7 Å². The van der Waals surface area contributed by atoms with Crippen molar-refractivity contribution in [1.29, 1.82) is 0 Å². The molecule has 0 amide bonds. The fraction of sp³-hybridized carbons (Fsp3) is 0.469. The van der Waals surface area contributed by atoms with Crippen LogP contribution in [0.5, 0.6) is 11.8 Å². The Balaban J connectivity index is 1.39. The minimum atomic E-state index is -0.751. The number of rotatable bonds is 6. The van der Waals surface area contributed by atoms with Crippen LogP contribution in [0.3, 0.4) is 0 Å². The van der Waals surface area contributed by atoms with Gasteiger partial charge in [0.25, 0.3) is 0 Å². The van der Waals surface area contributed by atoms with Crippen LogP contribution >= 0.6 is 0 Å². The van der Waals surface area contributed by atoms with Gasteiger partial charge in [-0.2, -0.15) is 9.97 Å². The number of fused-ring (bicyclic) bond motifs is 3. The SMILES string of the molecule is CCc1c(F)ccc2cc(O)cc(-c3ncc4c(N5CCOCC(O)C5)nc(OCC56CCCN5CCC6)nc4c3F)c12. The largest absolute Gasteiger partial charge is 0.508 e. The quantitative estimate of drug-likeness (QED) is 0.333. The highest BCUT2D eigenvalue weighted by atomic mass is 19.1. The maximum Gasteiger partial charge on any atom is 0.319 e. The molecule has 3 fully saturated rings. The number of aryl methyl sites for hydroxylation is 1. The van der Waals surface area contributed by atoms with Crippen LogP contribution in [-0.2, 0) is 11.2 Å². The van der Waals surface area contributed by atoms with Gasteiger partial charge in [-0.05, 0) is 79.7 Å². The lowest BCUT2D eigenvalue weighted by Crippen LogP contribution is -2.43. The second-order valence-corrected chi connectivity index (χ2v) is 11.9. The second kappa shape index (κ2) is 11.1. The van der Waals surface area contributed by atoms with Gasteiger partial charge in [0.2, 0.25) is 0 Å². The Kier molecular flexibility index (Phi) is 7.27. The Hall–Kier alpha value is -3.67. The molecule has 0 bridgehead atoms. The number of ether oxygens (including phenoxy) is 2. The van der Waals surface area contributed by atoms with E-state index < -0.39 is 17.7 Å². The van der Waals surface area contributed by atoms with Crippen molar-refractivity contribution in [3.05, 3.63) is 47.7 Å². The van der Waals surface area contributed by atoms with Gasteiger partial charge in [0, 0.05) is 24.8 Å². The minimum Gasteiger partial charge on any atom is -0.508 e. The molecule has 0 aliphatic carbocycles. The molecule has 3 aliphatic heterocycles. The zero-order valence-corrected chi connectivity index (χ0v) is 24.2. The summed E-state index contributed by atoms with van der Waals surface area (Å²) >= 11 is 0. The van der Waals surface area contributed by atoms with Gasteiger partial charge >= 0.3 is 6.01 Å². The zero-order chi connectivity index (χ0) is 29.7. The molecule has 43 heavy (non-hydrogen) atoms. The first-order valence-corrected chi connectivity index (χ1v) is 15.1. The fourth-order valence-corrected chi connectivity index (χ4v) is 7.19. The molecule has 9 nitrogen and oxygen atoms in total. The van der Waals surface area contributed by atoms with E-state index in [-0.39, 0.29) is 47.2 Å². The molecule has 2 aromatic carbocycles. The second-order valence-electron chi connectivity index (χ2n) is 11.9. The Labute approximate surface area is 248 Å². The molecule has 2 N–H and O–H groups in total. The molecule has 7 rings (SSSR count). The van der Waals surface area contributed by atoms with Gasteiger partial charge in [0.1, 0.15) is 35.2 Å². The molecule has 1 atom stereocenters. The van der Waals surface area contributed by atoms with Crippen molar-refractivity contribution in [2.24, 2.45) is 0 Å². The van der Waals surface area contributed by atoms with E-state index in [1.165, 1.54) is 24.4 Å². The van der Waals surface area contributed by atoms with E-state index in [1.54, 1.807) is 6.07 Å². The molecular weight excluding hydrogens is 556 g/mol. The van der Waals surface area contributed by atoms with Crippen LogP contribution in [0.1, 0.15) is 38.2 Å². The smallest absolute Gasteiger partial charge is 0.319 e. The fourth-order valence-electron chi connectivity index (χ4n) is 7.19. The topological polar surface area (TPSA) is 104 Å². The van der Waals surface area contributed by atoms with E-state index in [2.05, 4.69) is 14.9 Å². The highest BCUT2D eigenvalue weighted by molar-refractivity contribution is 6.01. The van der Waals surface area contributed by atoms with Crippen molar-refractivity contribution < 1.29 is 28.5 Å². The van der Waals surface area contributed by atoms with Gasteiger partial charge in [-0.1, -0.05) is 13.0 Å². The number of aliphatic hydroxyl groups excluding tert-OH is 1. The van der Waals surface area contributed by atoms with Crippen molar-refractivity contribution in [3.8, 4) is 23.0 Å². The van der Waals surface area contributed by atoms with Gasteiger partial charge in [0.15, 0.2) is 5.82 Å². The number of halogens is 2. The maximum atomic E-state index is 16.7. The summed E-state index contributed by atoms with van der Waals surface area (Å²) in [7, 11) is 0. The third-order valence-corrected chi connectivity index (χ3v) is 9.23. The molecule has 5 heterocycles. The predicted molar refractivity (Wildman–Crippen MR) is 159 cm³/mol. The Morgan fingerprint density at radius 1 is 1.12 bits per heavy atom.